The van der Waals surface area contributed by atoms with Crippen LogP contribution in [0.3, 0.4) is 0 Å². The van der Waals surface area contributed by atoms with Crippen LogP contribution in [0.1, 0.15) is 32.1 Å². The third-order valence-corrected chi connectivity index (χ3v) is 6.47. The van der Waals surface area contributed by atoms with Gasteiger partial charge in [0.05, 0.1) is 0 Å². The second kappa shape index (κ2) is 5.05. The van der Waals surface area contributed by atoms with E-state index in [1.165, 1.54) is 0 Å². The van der Waals surface area contributed by atoms with Gasteiger partial charge in [-0.25, -0.2) is 9.18 Å². The number of hydrogen-bond donors (Lipinski definition) is 1. The van der Waals surface area contributed by atoms with Gasteiger partial charge in [-0.05, 0) is 55.8 Å². The van der Waals surface area contributed by atoms with Crippen molar-refractivity contribution in [2.75, 3.05) is 0 Å². The number of alkyl halides is 4. The fraction of sp³-hybridized carbons (Fsp3) is 0.923. The first-order valence-electron chi connectivity index (χ1n) is 7.37. The van der Waals surface area contributed by atoms with Crippen molar-refractivity contribution >= 4 is 16.1 Å². The SMILES string of the molecule is O=C(OC1C2CC3CC(C2)CC1C3)C(F)(C(F)(F)F)S(=O)(=O)O. The van der Waals surface area contributed by atoms with Crippen molar-refractivity contribution in [3.63, 3.8) is 0 Å². The highest BCUT2D eigenvalue weighted by Gasteiger charge is 2.73. The Morgan fingerprint density at radius 3 is 1.74 bits per heavy atom. The molecule has 0 heterocycles. The Morgan fingerprint density at radius 1 is 0.957 bits per heavy atom. The molecular formula is C13H16F4O5S. The molecule has 1 unspecified atom stereocenters. The Hall–Kier alpha value is -0.900. The van der Waals surface area contributed by atoms with Gasteiger partial charge in [-0.1, -0.05) is 0 Å². The number of ether oxygens (including phenoxy) is 1. The van der Waals surface area contributed by atoms with E-state index in [9.17, 15) is 30.8 Å². The van der Waals surface area contributed by atoms with Crippen molar-refractivity contribution in [2.24, 2.45) is 23.7 Å². The average Bonchev–Trinajstić information content (AvgIpc) is 2.38. The number of esters is 1. The molecule has 5 nitrogen and oxygen atoms in total. The number of carbonyl (C=O) groups excluding carboxylic acids is 1. The Kier molecular flexibility index (Phi) is 3.72. The number of carbonyl (C=O) groups is 1. The standard InChI is InChI=1S/C13H16F4O5S/c14-12(13(15,16)17,23(19,20)21)11(18)22-10-8-2-6-1-7(4-8)5-9(10)3-6/h6-10H,1-5H2,(H,19,20,21). The van der Waals surface area contributed by atoms with Crippen LogP contribution < -0.4 is 0 Å². The summed E-state index contributed by atoms with van der Waals surface area (Å²) in [5, 5.41) is -5.45. The van der Waals surface area contributed by atoms with Crippen LogP contribution in [0.2, 0.25) is 0 Å². The number of halogens is 4. The topological polar surface area (TPSA) is 80.7 Å². The highest BCUT2D eigenvalue weighted by atomic mass is 32.2. The zero-order chi connectivity index (χ0) is 17.2. The fourth-order valence-electron chi connectivity index (χ4n) is 4.63. The van der Waals surface area contributed by atoms with Gasteiger partial charge < -0.3 is 4.74 Å². The third kappa shape index (κ3) is 2.54. The van der Waals surface area contributed by atoms with Gasteiger partial charge in [0.15, 0.2) is 0 Å². The maximum Gasteiger partial charge on any atom is 0.451 e. The van der Waals surface area contributed by atoms with E-state index in [4.69, 9.17) is 4.55 Å². The summed E-state index contributed by atoms with van der Waals surface area (Å²) in [4.78, 5) is 11.7. The second-order valence-corrected chi connectivity index (χ2v) is 8.38. The summed E-state index contributed by atoms with van der Waals surface area (Å²) in [5.74, 6) is -2.06. The molecule has 4 aliphatic carbocycles. The first-order chi connectivity index (χ1) is 10.4. The van der Waals surface area contributed by atoms with Crippen molar-refractivity contribution < 1.29 is 40.1 Å². The lowest BCUT2D eigenvalue weighted by Gasteiger charge is -2.53. The monoisotopic (exact) mass is 360 g/mol. The lowest BCUT2D eigenvalue weighted by Crippen LogP contribution is -2.58. The van der Waals surface area contributed by atoms with E-state index in [1.54, 1.807) is 0 Å². The van der Waals surface area contributed by atoms with Gasteiger partial charge in [-0.2, -0.15) is 21.6 Å². The summed E-state index contributed by atoms with van der Waals surface area (Å²) < 4.78 is 87.2. The molecule has 0 spiro atoms. The minimum absolute atomic E-state index is 0.172. The predicted molar refractivity (Wildman–Crippen MR) is 68.4 cm³/mol. The quantitative estimate of drug-likeness (QED) is 0.475. The van der Waals surface area contributed by atoms with Crippen LogP contribution in [0.4, 0.5) is 17.6 Å². The molecule has 0 aliphatic heterocycles. The molecule has 0 amide bonds. The minimum atomic E-state index is -6.36. The maximum atomic E-state index is 14.0. The maximum absolute atomic E-state index is 14.0. The molecule has 4 bridgehead atoms. The van der Waals surface area contributed by atoms with Crippen molar-refractivity contribution in [3.05, 3.63) is 0 Å². The highest BCUT2D eigenvalue weighted by molar-refractivity contribution is 7.88. The van der Waals surface area contributed by atoms with Gasteiger partial charge in [0.25, 0.3) is 0 Å². The molecular weight excluding hydrogens is 344 g/mol. The van der Waals surface area contributed by atoms with Crippen LogP contribution in [0.15, 0.2) is 0 Å². The molecule has 1 atom stereocenters. The largest absolute Gasteiger partial charge is 0.458 e. The molecule has 0 aromatic heterocycles. The first kappa shape index (κ1) is 16.9. The molecule has 0 aromatic carbocycles. The summed E-state index contributed by atoms with van der Waals surface area (Å²) >= 11 is 0. The molecule has 0 aromatic rings. The average molecular weight is 360 g/mol. The van der Waals surface area contributed by atoms with Gasteiger partial charge in [0.1, 0.15) is 6.10 Å². The lowest BCUT2D eigenvalue weighted by molar-refractivity contribution is -0.226. The summed E-state index contributed by atoms with van der Waals surface area (Å²) in [6.07, 6.45) is -3.26. The highest BCUT2D eigenvalue weighted by Crippen LogP contribution is 2.55. The van der Waals surface area contributed by atoms with E-state index in [1.807, 2.05) is 0 Å². The third-order valence-electron chi connectivity index (χ3n) is 5.37. The first-order valence-corrected chi connectivity index (χ1v) is 8.81. The van der Waals surface area contributed by atoms with Gasteiger partial charge in [0, 0.05) is 0 Å². The van der Waals surface area contributed by atoms with E-state index in [-0.39, 0.29) is 11.8 Å². The molecule has 4 aliphatic rings. The van der Waals surface area contributed by atoms with Crippen molar-refractivity contribution in [1.29, 1.82) is 0 Å². The van der Waals surface area contributed by atoms with E-state index in [2.05, 4.69) is 4.74 Å². The van der Waals surface area contributed by atoms with Crippen molar-refractivity contribution in [3.8, 4) is 0 Å². The summed E-state index contributed by atoms with van der Waals surface area (Å²) in [6, 6.07) is 0. The molecule has 23 heavy (non-hydrogen) atoms. The molecule has 4 rings (SSSR count). The minimum Gasteiger partial charge on any atom is -0.458 e. The Balaban J connectivity index is 1.83. The molecule has 4 fully saturated rings. The molecule has 0 radical (unpaired) electrons. The van der Waals surface area contributed by atoms with Crippen LogP contribution in [-0.2, 0) is 19.6 Å². The summed E-state index contributed by atoms with van der Waals surface area (Å²) in [7, 11) is -6.36. The van der Waals surface area contributed by atoms with Gasteiger partial charge >= 0.3 is 27.3 Å². The van der Waals surface area contributed by atoms with Crippen molar-refractivity contribution in [2.45, 2.75) is 49.4 Å². The zero-order valence-electron chi connectivity index (χ0n) is 11.9. The number of rotatable bonds is 3. The van der Waals surface area contributed by atoms with Gasteiger partial charge in [-0.15, -0.1) is 0 Å². The molecule has 132 valence electrons. The summed E-state index contributed by atoms with van der Waals surface area (Å²) in [6.45, 7) is 0. The number of hydrogen-bond acceptors (Lipinski definition) is 4. The molecule has 0 saturated heterocycles. The lowest BCUT2D eigenvalue weighted by atomic mass is 9.55. The normalized spacial score (nSPS) is 39.1. The Bertz CT molecular complexity index is 588. The van der Waals surface area contributed by atoms with Crippen LogP contribution in [-0.4, -0.2) is 36.2 Å². The van der Waals surface area contributed by atoms with E-state index in [0.29, 0.717) is 37.5 Å². The molecule has 4 saturated carbocycles. The molecule has 10 heteroatoms. The zero-order valence-corrected chi connectivity index (χ0v) is 12.7. The van der Waals surface area contributed by atoms with E-state index >= 15 is 0 Å². The van der Waals surface area contributed by atoms with Crippen LogP contribution in [0.25, 0.3) is 0 Å². The van der Waals surface area contributed by atoms with Gasteiger partial charge in [-0.3, -0.25) is 4.55 Å². The van der Waals surface area contributed by atoms with Gasteiger partial charge in [0.2, 0.25) is 0 Å². The van der Waals surface area contributed by atoms with Crippen LogP contribution >= 0.6 is 0 Å². The Morgan fingerprint density at radius 2 is 1.39 bits per heavy atom. The molecule has 1 N–H and O–H groups in total. The van der Waals surface area contributed by atoms with E-state index < -0.39 is 33.4 Å². The Labute approximate surface area is 130 Å². The summed E-state index contributed by atoms with van der Waals surface area (Å²) in [5.41, 5.74) is 0. The van der Waals surface area contributed by atoms with Crippen molar-refractivity contribution in [1.82, 2.24) is 0 Å². The van der Waals surface area contributed by atoms with E-state index in [0.717, 1.165) is 6.42 Å². The van der Waals surface area contributed by atoms with Crippen LogP contribution in [0.5, 0.6) is 0 Å². The second-order valence-electron chi connectivity index (χ2n) is 6.87. The fourth-order valence-corrected chi connectivity index (χ4v) is 5.19. The smallest absolute Gasteiger partial charge is 0.451 e. The predicted octanol–water partition coefficient (Wildman–Crippen LogP) is 2.47. The van der Waals surface area contributed by atoms with Crippen LogP contribution in [0, 0.1) is 23.7 Å².